The van der Waals surface area contributed by atoms with Gasteiger partial charge in [-0.1, -0.05) is 24.3 Å². The van der Waals surface area contributed by atoms with E-state index in [-0.39, 0.29) is 22.7 Å². The first-order valence-electron chi connectivity index (χ1n) is 10.2. The number of hydrogen-bond acceptors (Lipinski definition) is 4. The van der Waals surface area contributed by atoms with Crippen LogP contribution in [0.2, 0.25) is 0 Å². The van der Waals surface area contributed by atoms with Crippen LogP contribution in [0.5, 0.6) is 0 Å². The molecule has 1 aromatic heterocycles. The SMILES string of the molecule is Cc1ccc(C)c(NC(=O)Cn2cc(S(=O)(=O)c3ccc(F)cc3)c(=O)c3ccccc32)c1. The molecule has 8 heteroatoms. The number of nitrogens with one attached hydrogen (secondary N) is 1. The van der Waals surface area contributed by atoms with Gasteiger partial charge in [-0.2, -0.15) is 0 Å². The Morgan fingerprint density at radius 1 is 1.00 bits per heavy atom. The average molecular weight is 465 g/mol. The van der Waals surface area contributed by atoms with Crippen LogP contribution in [0.4, 0.5) is 10.1 Å². The molecule has 0 fully saturated rings. The molecule has 1 N–H and O–H groups in total. The zero-order valence-corrected chi connectivity index (χ0v) is 18.8. The summed E-state index contributed by atoms with van der Waals surface area (Å²) in [5, 5.41) is 3.01. The first kappa shape index (κ1) is 22.4. The lowest BCUT2D eigenvalue weighted by Crippen LogP contribution is -2.24. The average Bonchev–Trinajstić information content (AvgIpc) is 2.78. The predicted molar refractivity (Wildman–Crippen MR) is 125 cm³/mol. The predicted octanol–water partition coefficient (Wildman–Crippen LogP) is 4.23. The summed E-state index contributed by atoms with van der Waals surface area (Å²) in [4.78, 5) is 25.2. The molecule has 0 atom stereocenters. The third-order valence-corrected chi connectivity index (χ3v) is 7.11. The second-order valence-corrected chi connectivity index (χ2v) is 9.71. The van der Waals surface area contributed by atoms with Crippen LogP contribution < -0.4 is 10.7 Å². The second kappa shape index (κ2) is 8.63. The molecule has 0 aliphatic rings. The van der Waals surface area contributed by atoms with Gasteiger partial charge in [-0.3, -0.25) is 9.59 Å². The van der Waals surface area contributed by atoms with E-state index in [1.54, 1.807) is 18.2 Å². The van der Waals surface area contributed by atoms with Gasteiger partial charge in [-0.05, 0) is 67.4 Å². The number of rotatable bonds is 5. The van der Waals surface area contributed by atoms with Crippen molar-refractivity contribution in [3.8, 4) is 0 Å². The van der Waals surface area contributed by atoms with E-state index in [1.165, 1.54) is 16.8 Å². The van der Waals surface area contributed by atoms with Gasteiger partial charge in [0.15, 0.2) is 0 Å². The Bertz CT molecular complexity index is 1540. The molecule has 1 amide bonds. The maximum atomic E-state index is 13.3. The largest absolute Gasteiger partial charge is 0.336 e. The summed E-state index contributed by atoms with van der Waals surface area (Å²) in [5.74, 6) is -0.962. The quantitative estimate of drug-likeness (QED) is 0.448. The molecule has 0 spiro atoms. The number of anilines is 1. The Morgan fingerprint density at radius 2 is 1.70 bits per heavy atom. The fraction of sp³-hybridized carbons (Fsp3) is 0.120. The van der Waals surface area contributed by atoms with E-state index in [4.69, 9.17) is 0 Å². The number of amides is 1. The van der Waals surface area contributed by atoms with Crippen LogP contribution in [0.15, 0.2) is 87.5 Å². The zero-order chi connectivity index (χ0) is 23.8. The summed E-state index contributed by atoms with van der Waals surface area (Å²) in [5.41, 5.74) is 2.28. The molecule has 0 saturated carbocycles. The van der Waals surface area contributed by atoms with Gasteiger partial charge in [-0.25, -0.2) is 12.8 Å². The van der Waals surface area contributed by atoms with Crippen LogP contribution in [-0.2, 0) is 21.2 Å². The fourth-order valence-electron chi connectivity index (χ4n) is 3.60. The van der Waals surface area contributed by atoms with Crippen molar-refractivity contribution in [2.45, 2.75) is 30.2 Å². The summed E-state index contributed by atoms with van der Waals surface area (Å²) in [6.45, 7) is 3.58. The molecule has 4 rings (SSSR count). The van der Waals surface area contributed by atoms with Crippen molar-refractivity contribution in [2.75, 3.05) is 5.32 Å². The first-order valence-corrected chi connectivity index (χ1v) is 11.6. The third kappa shape index (κ3) is 4.42. The number of halogens is 1. The van der Waals surface area contributed by atoms with Crippen molar-refractivity contribution < 1.29 is 17.6 Å². The zero-order valence-electron chi connectivity index (χ0n) is 18.0. The molecule has 0 aliphatic heterocycles. The normalized spacial score (nSPS) is 11.5. The van der Waals surface area contributed by atoms with Gasteiger partial charge < -0.3 is 9.88 Å². The number of pyridine rings is 1. The van der Waals surface area contributed by atoms with E-state index in [0.29, 0.717) is 11.2 Å². The number of aromatic nitrogens is 1. The Kier molecular flexibility index (Phi) is 5.86. The fourth-order valence-corrected chi connectivity index (χ4v) is 4.96. The van der Waals surface area contributed by atoms with Crippen LogP contribution in [0.1, 0.15) is 11.1 Å². The molecule has 3 aromatic carbocycles. The topological polar surface area (TPSA) is 85.2 Å². The highest BCUT2D eigenvalue weighted by atomic mass is 32.2. The van der Waals surface area contributed by atoms with E-state index in [0.717, 1.165) is 35.4 Å². The highest BCUT2D eigenvalue weighted by Gasteiger charge is 2.24. The summed E-state index contributed by atoms with van der Waals surface area (Å²) in [7, 11) is -4.24. The first-order chi connectivity index (χ1) is 15.7. The lowest BCUT2D eigenvalue weighted by Gasteiger charge is -2.15. The number of fused-ring (bicyclic) bond motifs is 1. The molecule has 1 heterocycles. The highest BCUT2D eigenvalue weighted by molar-refractivity contribution is 7.91. The molecule has 6 nitrogen and oxygen atoms in total. The molecule has 33 heavy (non-hydrogen) atoms. The van der Waals surface area contributed by atoms with Crippen LogP contribution in [0.25, 0.3) is 10.9 Å². The molecule has 0 bridgehead atoms. The Balaban J connectivity index is 1.79. The molecular formula is C25H21FN2O4S. The minimum absolute atomic E-state index is 0.167. The van der Waals surface area contributed by atoms with Gasteiger partial charge in [0.2, 0.25) is 21.2 Å². The van der Waals surface area contributed by atoms with Crippen molar-refractivity contribution in [2.24, 2.45) is 0 Å². The number of nitrogens with zero attached hydrogens (tertiary/aromatic N) is 1. The second-order valence-electron chi connectivity index (χ2n) is 7.79. The smallest absolute Gasteiger partial charge is 0.244 e. The number of aryl methyl sites for hydroxylation is 2. The summed E-state index contributed by atoms with van der Waals surface area (Å²) < 4.78 is 41.1. The number of para-hydroxylation sites is 1. The third-order valence-electron chi connectivity index (χ3n) is 5.35. The minimum atomic E-state index is -4.24. The van der Waals surface area contributed by atoms with Gasteiger partial charge in [0, 0.05) is 17.3 Å². The molecule has 0 unspecified atom stereocenters. The number of benzene rings is 3. The molecule has 4 aromatic rings. The minimum Gasteiger partial charge on any atom is -0.336 e. The number of carbonyl (C=O) groups excluding carboxylic acids is 1. The van der Waals surface area contributed by atoms with Crippen LogP contribution in [0.3, 0.4) is 0 Å². The molecule has 0 radical (unpaired) electrons. The molecule has 0 saturated heterocycles. The van der Waals surface area contributed by atoms with Crippen molar-refractivity contribution >= 4 is 32.3 Å². The van der Waals surface area contributed by atoms with Crippen molar-refractivity contribution in [3.63, 3.8) is 0 Å². The van der Waals surface area contributed by atoms with E-state index < -0.39 is 26.0 Å². The maximum Gasteiger partial charge on any atom is 0.244 e. The lowest BCUT2D eigenvalue weighted by molar-refractivity contribution is -0.116. The molecular weight excluding hydrogens is 443 g/mol. The van der Waals surface area contributed by atoms with E-state index in [1.807, 2.05) is 32.0 Å². The highest BCUT2D eigenvalue weighted by Crippen LogP contribution is 2.22. The Morgan fingerprint density at radius 3 is 2.42 bits per heavy atom. The number of carbonyl (C=O) groups is 1. The Labute approximate surface area is 190 Å². The van der Waals surface area contributed by atoms with Crippen LogP contribution in [-0.4, -0.2) is 18.9 Å². The van der Waals surface area contributed by atoms with Crippen LogP contribution >= 0.6 is 0 Å². The monoisotopic (exact) mass is 464 g/mol. The van der Waals surface area contributed by atoms with E-state index in [2.05, 4.69) is 5.32 Å². The van der Waals surface area contributed by atoms with Crippen molar-refractivity contribution in [3.05, 3.63) is 100 Å². The number of hydrogen-bond donors (Lipinski definition) is 1. The summed E-state index contributed by atoms with van der Waals surface area (Å²) >= 11 is 0. The van der Waals surface area contributed by atoms with Crippen molar-refractivity contribution in [1.82, 2.24) is 4.57 Å². The summed E-state index contributed by atoms with van der Waals surface area (Å²) in [6.07, 6.45) is 1.17. The molecule has 0 aliphatic carbocycles. The lowest BCUT2D eigenvalue weighted by atomic mass is 10.1. The standard InChI is InChI=1S/C25H21FN2O4S/c1-16-7-8-17(2)21(13-16)27-24(29)15-28-14-23(25(30)20-5-3-4-6-22(20)28)33(31,32)19-11-9-18(26)10-12-19/h3-14H,15H2,1-2H3,(H,27,29). The summed E-state index contributed by atoms with van der Waals surface area (Å²) in [6, 6.07) is 16.4. The maximum absolute atomic E-state index is 13.3. The Hall–Kier alpha value is -3.78. The van der Waals surface area contributed by atoms with Gasteiger partial charge in [0.05, 0.1) is 10.4 Å². The van der Waals surface area contributed by atoms with Crippen molar-refractivity contribution in [1.29, 1.82) is 0 Å². The van der Waals surface area contributed by atoms with Gasteiger partial charge in [0.25, 0.3) is 0 Å². The number of sulfone groups is 1. The van der Waals surface area contributed by atoms with E-state index >= 15 is 0 Å². The van der Waals surface area contributed by atoms with Gasteiger partial charge in [0.1, 0.15) is 17.3 Å². The van der Waals surface area contributed by atoms with E-state index in [9.17, 15) is 22.4 Å². The van der Waals surface area contributed by atoms with Crippen LogP contribution in [0, 0.1) is 19.7 Å². The molecule has 168 valence electrons. The van der Waals surface area contributed by atoms with Gasteiger partial charge in [-0.15, -0.1) is 0 Å². The van der Waals surface area contributed by atoms with Gasteiger partial charge >= 0.3 is 0 Å².